The van der Waals surface area contributed by atoms with Gasteiger partial charge in [-0.25, -0.2) is 0 Å². The molecule has 0 radical (unpaired) electrons. The zero-order valence-electron chi connectivity index (χ0n) is 4.62. The summed E-state index contributed by atoms with van der Waals surface area (Å²) in [6, 6.07) is -0.590. The van der Waals surface area contributed by atoms with Crippen LogP contribution < -0.4 is 5.73 Å². The van der Waals surface area contributed by atoms with Crippen LogP contribution in [0, 0.1) is 0 Å². The van der Waals surface area contributed by atoms with Gasteiger partial charge in [0.25, 0.3) is 0 Å². The molecule has 0 spiro atoms. The minimum atomic E-state index is -0.792. The van der Waals surface area contributed by atoms with Gasteiger partial charge in [-0.2, -0.15) is 0 Å². The Morgan fingerprint density at radius 2 is 2.25 bits per heavy atom. The van der Waals surface area contributed by atoms with E-state index in [0.717, 1.165) is 0 Å². The first kappa shape index (κ1) is 7.62. The molecule has 0 rings (SSSR count). The average Bonchev–Trinajstić information content (AvgIpc) is 1.84. The van der Waals surface area contributed by atoms with Crippen LogP contribution in [0.2, 0.25) is 0 Å². The summed E-state index contributed by atoms with van der Waals surface area (Å²) in [4.78, 5) is 0. The fraction of sp³-hybridized carbons (Fsp3) is 0.600. The molecule has 3 nitrogen and oxygen atoms in total. The Hall–Kier alpha value is -0.380. The summed E-state index contributed by atoms with van der Waals surface area (Å²) in [5.74, 6) is 0. The predicted octanol–water partition coefficient (Wildman–Crippen LogP) is -1.15. The number of aliphatic hydroxyl groups excluding tert-OH is 2. The van der Waals surface area contributed by atoms with E-state index >= 15 is 0 Å². The fourth-order valence-electron chi connectivity index (χ4n) is 0.283. The van der Waals surface area contributed by atoms with Crippen molar-refractivity contribution >= 4 is 0 Å². The van der Waals surface area contributed by atoms with Gasteiger partial charge in [0.05, 0.1) is 18.8 Å². The van der Waals surface area contributed by atoms with Crippen LogP contribution in [-0.4, -0.2) is 29.0 Å². The van der Waals surface area contributed by atoms with Crippen molar-refractivity contribution in [2.45, 2.75) is 12.1 Å². The highest BCUT2D eigenvalue weighted by atomic mass is 16.3. The molecule has 0 aliphatic rings. The zero-order valence-corrected chi connectivity index (χ0v) is 4.62. The van der Waals surface area contributed by atoms with Crippen molar-refractivity contribution < 1.29 is 10.2 Å². The Kier molecular flexibility index (Phi) is 3.43. The second-order valence-electron chi connectivity index (χ2n) is 1.57. The second kappa shape index (κ2) is 3.60. The highest BCUT2D eigenvalue weighted by molar-refractivity contribution is 4.86. The summed E-state index contributed by atoms with van der Waals surface area (Å²) in [6.45, 7) is 3.07. The maximum Gasteiger partial charge on any atom is 0.0891 e. The van der Waals surface area contributed by atoms with E-state index in [2.05, 4.69) is 6.58 Å². The van der Waals surface area contributed by atoms with Crippen LogP contribution in [-0.2, 0) is 0 Å². The lowest BCUT2D eigenvalue weighted by Gasteiger charge is -2.10. The molecule has 4 N–H and O–H groups in total. The number of hydrogen-bond donors (Lipinski definition) is 3. The normalized spacial score (nSPS) is 17.4. The molecule has 0 aliphatic carbocycles. The Labute approximate surface area is 48.4 Å². The van der Waals surface area contributed by atoms with E-state index in [-0.39, 0.29) is 6.61 Å². The quantitative estimate of drug-likeness (QED) is 0.409. The topological polar surface area (TPSA) is 66.5 Å². The molecule has 2 atom stereocenters. The van der Waals surface area contributed by atoms with Crippen LogP contribution in [0.1, 0.15) is 0 Å². The van der Waals surface area contributed by atoms with Crippen LogP contribution in [0.3, 0.4) is 0 Å². The summed E-state index contributed by atoms with van der Waals surface area (Å²) in [6.07, 6.45) is 0.501. The van der Waals surface area contributed by atoms with E-state index in [9.17, 15) is 0 Å². The first-order valence-electron chi connectivity index (χ1n) is 2.39. The summed E-state index contributed by atoms with van der Waals surface area (Å²) >= 11 is 0. The van der Waals surface area contributed by atoms with Crippen LogP contribution in [0.4, 0.5) is 0 Å². The molecule has 0 saturated carbocycles. The van der Waals surface area contributed by atoms with Gasteiger partial charge in [-0.1, -0.05) is 6.08 Å². The van der Waals surface area contributed by atoms with Gasteiger partial charge in [-0.3, -0.25) is 0 Å². The molecule has 0 bridgehead atoms. The maximum atomic E-state index is 8.72. The monoisotopic (exact) mass is 117 g/mol. The Bertz CT molecular complexity index is 74.8. The van der Waals surface area contributed by atoms with Gasteiger partial charge < -0.3 is 15.9 Å². The summed E-state index contributed by atoms with van der Waals surface area (Å²) in [7, 11) is 0. The van der Waals surface area contributed by atoms with Gasteiger partial charge in [0.1, 0.15) is 0 Å². The number of rotatable bonds is 3. The largest absolute Gasteiger partial charge is 0.395 e. The van der Waals surface area contributed by atoms with Crippen molar-refractivity contribution in [3.05, 3.63) is 12.7 Å². The molecule has 0 aromatic carbocycles. The molecule has 0 amide bonds. The van der Waals surface area contributed by atoms with E-state index < -0.39 is 12.1 Å². The Morgan fingerprint density at radius 3 is 2.38 bits per heavy atom. The van der Waals surface area contributed by atoms with Crippen molar-refractivity contribution in [3.8, 4) is 0 Å². The van der Waals surface area contributed by atoms with E-state index in [1.165, 1.54) is 6.08 Å². The molecule has 3 heteroatoms. The van der Waals surface area contributed by atoms with Crippen molar-refractivity contribution in [1.82, 2.24) is 0 Å². The smallest absolute Gasteiger partial charge is 0.0891 e. The lowest BCUT2D eigenvalue weighted by molar-refractivity contribution is 0.144. The Morgan fingerprint density at radius 1 is 1.75 bits per heavy atom. The van der Waals surface area contributed by atoms with Crippen molar-refractivity contribution in [2.24, 2.45) is 5.73 Å². The number of hydrogen-bond acceptors (Lipinski definition) is 3. The molecule has 0 aromatic rings. The summed E-state index contributed by atoms with van der Waals surface area (Å²) < 4.78 is 0. The Balaban J connectivity index is 3.44. The summed E-state index contributed by atoms with van der Waals surface area (Å²) in [5.41, 5.74) is 5.16. The van der Waals surface area contributed by atoms with Gasteiger partial charge in [-0.15, -0.1) is 6.58 Å². The zero-order chi connectivity index (χ0) is 6.57. The second-order valence-corrected chi connectivity index (χ2v) is 1.57. The van der Waals surface area contributed by atoms with Crippen LogP contribution in [0.5, 0.6) is 0 Å². The molecule has 0 fully saturated rings. The van der Waals surface area contributed by atoms with Gasteiger partial charge in [-0.05, 0) is 0 Å². The third-order valence-corrected chi connectivity index (χ3v) is 0.891. The lowest BCUT2D eigenvalue weighted by atomic mass is 10.2. The first-order chi connectivity index (χ1) is 3.72. The molecule has 8 heavy (non-hydrogen) atoms. The molecular formula is C5H11NO2. The van der Waals surface area contributed by atoms with Crippen molar-refractivity contribution in [3.63, 3.8) is 0 Å². The van der Waals surface area contributed by atoms with Crippen LogP contribution >= 0.6 is 0 Å². The van der Waals surface area contributed by atoms with Gasteiger partial charge >= 0.3 is 0 Å². The molecule has 0 aromatic heterocycles. The standard InChI is InChI=1S/C5H11NO2/c1-2-5(8)4(6)3-7/h2,4-5,7-8H,1,3,6H2/t4-,5+/m0/s1. The third kappa shape index (κ3) is 2.07. The highest BCUT2D eigenvalue weighted by Gasteiger charge is 2.07. The highest BCUT2D eigenvalue weighted by Crippen LogP contribution is 1.87. The SMILES string of the molecule is C=C[C@@H](O)[C@@H](N)CO. The summed E-state index contributed by atoms with van der Waals surface area (Å²) in [5, 5.41) is 17.0. The van der Waals surface area contributed by atoms with E-state index in [1.54, 1.807) is 0 Å². The number of nitrogens with two attached hydrogens (primary N) is 1. The first-order valence-corrected chi connectivity index (χ1v) is 2.39. The van der Waals surface area contributed by atoms with Crippen molar-refractivity contribution in [2.75, 3.05) is 6.61 Å². The van der Waals surface area contributed by atoms with Gasteiger partial charge in [0, 0.05) is 0 Å². The lowest BCUT2D eigenvalue weighted by Crippen LogP contribution is -2.36. The fourth-order valence-corrected chi connectivity index (χ4v) is 0.283. The van der Waals surface area contributed by atoms with Crippen LogP contribution in [0.25, 0.3) is 0 Å². The molecule has 0 saturated heterocycles. The van der Waals surface area contributed by atoms with E-state index in [4.69, 9.17) is 15.9 Å². The minimum absolute atomic E-state index is 0.215. The third-order valence-electron chi connectivity index (χ3n) is 0.891. The molecular weight excluding hydrogens is 106 g/mol. The molecule has 48 valence electrons. The van der Waals surface area contributed by atoms with Crippen molar-refractivity contribution in [1.29, 1.82) is 0 Å². The molecule has 0 heterocycles. The van der Waals surface area contributed by atoms with Gasteiger partial charge in [0.15, 0.2) is 0 Å². The predicted molar refractivity (Wildman–Crippen MR) is 31.3 cm³/mol. The van der Waals surface area contributed by atoms with Gasteiger partial charge in [0.2, 0.25) is 0 Å². The molecule has 0 aliphatic heterocycles. The van der Waals surface area contributed by atoms with Crippen LogP contribution in [0.15, 0.2) is 12.7 Å². The van der Waals surface area contributed by atoms with E-state index in [0.29, 0.717) is 0 Å². The molecule has 0 unspecified atom stereocenters. The average molecular weight is 117 g/mol. The maximum absolute atomic E-state index is 8.72. The van der Waals surface area contributed by atoms with E-state index in [1.807, 2.05) is 0 Å². The minimum Gasteiger partial charge on any atom is -0.395 e. The number of aliphatic hydroxyl groups is 2.